The molecular formula is C10H10N2O2. The van der Waals surface area contributed by atoms with Crippen molar-refractivity contribution in [2.45, 2.75) is 6.92 Å². The van der Waals surface area contributed by atoms with Crippen LogP contribution in [0.5, 0.6) is 0 Å². The topological polar surface area (TPSA) is 68.9 Å². The Morgan fingerprint density at radius 1 is 1.50 bits per heavy atom. The summed E-state index contributed by atoms with van der Waals surface area (Å²) in [5, 5.41) is 8.84. The maximum absolute atomic E-state index is 10.8. The zero-order valence-corrected chi connectivity index (χ0v) is 7.66. The Hall–Kier alpha value is -1.97. The van der Waals surface area contributed by atoms with Crippen LogP contribution in [-0.4, -0.2) is 21.0 Å². The third kappa shape index (κ3) is 1.31. The lowest BCUT2D eigenvalue weighted by atomic mass is 10.2. The predicted octanol–water partition coefficient (Wildman–Crippen LogP) is 2.02. The Morgan fingerprint density at radius 2 is 2.29 bits per heavy atom. The minimum Gasteiger partial charge on any atom is -0.477 e. The Labute approximate surface area is 80.6 Å². The van der Waals surface area contributed by atoms with E-state index in [-0.39, 0.29) is 5.69 Å². The van der Waals surface area contributed by atoms with E-state index in [2.05, 4.69) is 9.97 Å². The fraction of sp³-hybridized carbons (Fsp3) is 0.100. The summed E-state index contributed by atoms with van der Waals surface area (Å²) < 4.78 is 0. The second-order valence-electron chi connectivity index (χ2n) is 3.15. The van der Waals surface area contributed by atoms with Crippen molar-refractivity contribution in [3.63, 3.8) is 0 Å². The van der Waals surface area contributed by atoms with Crippen molar-refractivity contribution in [1.29, 1.82) is 0 Å². The average Bonchev–Trinajstić information content (AvgIpc) is 2.70. The molecular weight excluding hydrogens is 180 g/mol. The van der Waals surface area contributed by atoms with Gasteiger partial charge in [0.2, 0.25) is 0 Å². The normalized spacial score (nSPS) is 10.4. The molecule has 0 saturated carbocycles. The highest BCUT2D eigenvalue weighted by Gasteiger charge is 2.11. The first kappa shape index (κ1) is 8.62. The summed E-state index contributed by atoms with van der Waals surface area (Å²) >= 11 is 0. The Bertz CT molecular complexity index is 454. The van der Waals surface area contributed by atoms with Gasteiger partial charge in [0.1, 0.15) is 5.69 Å². The highest BCUT2D eigenvalue weighted by molar-refractivity contribution is 5.88. The minimum atomic E-state index is -0.927. The first-order chi connectivity index (χ1) is 6.68. The molecule has 0 bridgehead atoms. The molecule has 0 saturated heterocycles. The van der Waals surface area contributed by atoms with Crippen molar-refractivity contribution in [3.8, 4) is 11.3 Å². The lowest BCUT2D eigenvalue weighted by Gasteiger charge is -1.90. The molecule has 0 aliphatic heterocycles. The van der Waals surface area contributed by atoms with Gasteiger partial charge in [0.25, 0.3) is 0 Å². The summed E-state index contributed by atoms with van der Waals surface area (Å²) in [6, 6.07) is 3.71. The molecule has 2 heterocycles. The number of aromatic amines is 2. The fourth-order valence-corrected chi connectivity index (χ4v) is 1.43. The number of carboxylic acids is 1. The van der Waals surface area contributed by atoms with Gasteiger partial charge >= 0.3 is 5.97 Å². The SMILES string of the molecule is Cc1cc(-c2cc[nH]c2)[nH]c1C(=O)O. The standard InChI is InChI=1S/C10H10N2O2/c1-6-4-8(7-2-3-11-5-7)12-9(6)10(13)14/h2-5,11-12H,1H3,(H,13,14). The highest BCUT2D eigenvalue weighted by Crippen LogP contribution is 2.20. The number of carboxylic acid groups (broad SMARTS) is 1. The molecule has 2 aromatic rings. The summed E-state index contributed by atoms with van der Waals surface area (Å²) in [5.41, 5.74) is 2.77. The van der Waals surface area contributed by atoms with E-state index in [0.717, 1.165) is 16.8 Å². The molecule has 4 heteroatoms. The number of aromatic nitrogens is 2. The fourth-order valence-electron chi connectivity index (χ4n) is 1.43. The highest BCUT2D eigenvalue weighted by atomic mass is 16.4. The van der Waals surface area contributed by atoms with Gasteiger partial charge in [0.05, 0.1) is 0 Å². The predicted molar refractivity (Wildman–Crippen MR) is 52.3 cm³/mol. The van der Waals surface area contributed by atoms with Crippen LogP contribution in [0.2, 0.25) is 0 Å². The van der Waals surface area contributed by atoms with Gasteiger partial charge in [-0.25, -0.2) is 4.79 Å². The number of H-pyrrole nitrogens is 2. The number of carbonyl (C=O) groups is 1. The van der Waals surface area contributed by atoms with Crippen molar-refractivity contribution in [1.82, 2.24) is 9.97 Å². The zero-order valence-electron chi connectivity index (χ0n) is 7.66. The van der Waals surface area contributed by atoms with E-state index in [9.17, 15) is 4.79 Å². The van der Waals surface area contributed by atoms with E-state index < -0.39 is 5.97 Å². The van der Waals surface area contributed by atoms with Crippen LogP contribution in [0.15, 0.2) is 24.5 Å². The third-order valence-electron chi connectivity index (χ3n) is 2.14. The number of rotatable bonds is 2. The van der Waals surface area contributed by atoms with Crippen LogP contribution in [0.3, 0.4) is 0 Å². The molecule has 0 aliphatic carbocycles. The lowest BCUT2D eigenvalue weighted by molar-refractivity contribution is 0.0690. The van der Waals surface area contributed by atoms with Crippen LogP contribution < -0.4 is 0 Å². The molecule has 0 amide bonds. The Balaban J connectivity index is 2.48. The molecule has 2 aromatic heterocycles. The van der Waals surface area contributed by atoms with Crippen molar-refractivity contribution in [3.05, 3.63) is 35.8 Å². The van der Waals surface area contributed by atoms with Crippen LogP contribution in [0.25, 0.3) is 11.3 Å². The second kappa shape index (κ2) is 3.06. The van der Waals surface area contributed by atoms with Gasteiger partial charge in [-0.15, -0.1) is 0 Å². The average molecular weight is 190 g/mol. The minimum absolute atomic E-state index is 0.251. The molecule has 4 nitrogen and oxygen atoms in total. The third-order valence-corrected chi connectivity index (χ3v) is 2.14. The molecule has 0 unspecified atom stereocenters. The van der Waals surface area contributed by atoms with E-state index in [4.69, 9.17) is 5.11 Å². The Morgan fingerprint density at radius 3 is 2.79 bits per heavy atom. The number of aryl methyl sites for hydroxylation is 1. The van der Waals surface area contributed by atoms with Crippen molar-refractivity contribution < 1.29 is 9.90 Å². The molecule has 14 heavy (non-hydrogen) atoms. The molecule has 0 atom stereocenters. The summed E-state index contributed by atoms with van der Waals surface area (Å²) in [7, 11) is 0. The molecule has 0 aromatic carbocycles. The van der Waals surface area contributed by atoms with Gasteiger partial charge in [0.15, 0.2) is 0 Å². The summed E-state index contributed by atoms with van der Waals surface area (Å²) in [6.45, 7) is 1.77. The first-order valence-electron chi connectivity index (χ1n) is 4.24. The van der Waals surface area contributed by atoms with Gasteiger partial charge in [-0.1, -0.05) is 0 Å². The van der Waals surface area contributed by atoms with Crippen LogP contribution in [0, 0.1) is 6.92 Å². The van der Waals surface area contributed by atoms with E-state index in [1.807, 2.05) is 18.3 Å². The molecule has 72 valence electrons. The van der Waals surface area contributed by atoms with Gasteiger partial charge < -0.3 is 15.1 Å². The van der Waals surface area contributed by atoms with E-state index in [1.165, 1.54) is 0 Å². The van der Waals surface area contributed by atoms with E-state index in [1.54, 1.807) is 13.1 Å². The number of aromatic carboxylic acids is 1. The maximum atomic E-state index is 10.8. The van der Waals surface area contributed by atoms with Crippen LogP contribution in [0.1, 0.15) is 16.1 Å². The van der Waals surface area contributed by atoms with Gasteiger partial charge in [-0.05, 0) is 24.6 Å². The van der Waals surface area contributed by atoms with Crippen LogP contribution in [-0.2, 0) is 0 Å². The monoisotopic (exact) mass is 190 g/mol. The smallest absolute Gasteiger partial charge is 0.352 e. The quantitative estimate of drug-likeness (QED) is 0.678. The van der Waals surface area contributed by atoms with Gasteiger partial charge in [-0.3, -0.25) is 0 Å². The summed E-state index contributed by atoms with van der Waals surface area (Å²) in [5.74, 6) is -0.927. The largest absolute Gasteiger partial charge is 0.477 e. The van der Waals surface area contributed by atoms with Gasteiger partial charge in [0, 0.05) is 23.7 Å². The second-order valence-corrected chi connectivity index (χ2v) is 3.15. The van der Waals surface area contributed by atoms with E-state index in [0.29, 0.717) is 0 Å². The van der Waals surface area contributed by atoms with E-state index >= 15 is 0 Å². The first-order valence-corrected chi connectivity index (χ1v) is 4.24. The number of hydrogen-bond acceptors (Lipinski definition) is 1. The molecule has 0 fully saturated rings. The Kier molecular flexibility index (Phi) is 1.89. The summed E-state index contributed by atoms with van der Waals surface area (Å²) in [6.07, 6.45) is 3.61. The van der Waals surface area contributed by atoms with Crippen molar-refractivity contribution in [2.24, 2.45) is 0 Å². The number of hydrogen-bond donors (Lipinski definition) is 3. The lowest BCUT2D eigenvalue weighted by Crippen LogP contribution is -1.98. The molecule has 2 rings (SSSR count). The zero-order chi connectivity index (χ0) is 10.1. The molecule has 3 N–H and O–H groups in total. The van der Waals surface area contributed by atoms with Crippen LogP contribution >= 0.6 is 0 Å². The summed E-state index contributed by atoms with van der Waals surface area (Å²) in [4.78, 5) is 16.5. The maximum Gasteiger partial charge on any atom is 0.352 e. The molecule has 0 aliphatic rings. The number of nitrogens with one attached hydrogen (secondary N) is 2. The van der Waals surface area contributed by atoms with Crippen molar-refractivity contribution >= 4 is 5.97 Å². The van der Waals surface area contributed by atoms with Crippen molar-refractivity contribution in [2.75, 3.05) is 0 Å². The van der Waals surface area contributed by atoms with Gasteiger partial charge in [-0.2, -0.15) is 0 Å². The molecule has 0 radical (unpaired) electrons. The van der Waals surface area contributed by atoms with Crippen LogP contribution in [0.4, 0.5) is 0 Å². The molecule has 0 spiro atoms.